The van der Waals surface area contributed by atoms with E-state index in [0.717, 1.165) is 11.3 Å². The van der Waals surface area contributed by atoms with Crippen molar-refractivity contribution >= 4 is 28.4 Å². The first-order valence-corrected chi connectivity index (χ1v) is 10.4. The molecule has 10 heteroatoms. The Kier molecular flexibility index (Phi) is 6.40. The third kappa shape index (κ3) is 4.92. The highest BCUT2D eigenvalue weighted by Gasteiger charge is 2.14. The smallest absolute Gasteiger partial charge is 0.258 e. The average Bonchev–Trinajstić information content (AvgIpc) is 3.09. The van der Waals surface area contributed by atoms with Crippen molar-refractivity contribution in [3.8, 4) is 11.3 Å². The second-order valence-electron chi connectivity index (χ2n) is 7.19. The topological polar surface area (TPSA) is 116 Å². The van der Waals surface area contributed by atoms with Gasteiger partial charge in [-0.15, -0.1) is 11.3 Å². The molecular weight excluding hydrogens is 418 g/mol. The number of nitrogens with zero attached hydrogens (tertiary/aromatic N) is 5. The lowest BCUT2D eigenvalue weighted by Crippen LogP contribution is -2.16. The molecule has 9 nitrogen and oxygen atoms in total. The van der Waals surface area contributed by atoms with Gasteiger partial charge in [-0.3, -0.25) is 25.2 Å². The molecule has 0 aliphatic carbocycles. The lowest BCUT2D eigenvalue weighted by atomic mass is 10.1. The molecule has 2 aromatic carbocycles. The highest BCUT2D eigenvalue weighted by atomic mass is 32.1. The van der Waals surface area contributed by atoms with Gasteiger partial charge >= 0.3 is 0 Å². The Bertz CT molecular complexity index is 1240. The zero-order valence-electron chi connectivity index (χ0n) is 17.5. The van der Waals surface area contributed by atoms with E-state index in [-0.39, 0.29) is 17.4 Å². The zero-order valence-corrected chi connectivity index (χ0v) is 18.3. The van der Waals surface area contributed by atoms with E-state index in [4.69, 9.17) is 5.10 Å². The van der Waals surface area contributed by atoms with Crippen LogP contribution in [0.25, 0.3) is 11.3 Å². The van der Waals surface area contributed by atoms with E-state index >= 15 is 0 Å². The van der Waals surface area contributed by atoms with E-state index in [2.05, 4.69) is 4.99 Å². The summed E-state index contributed by atoms with van der Waals surface area (Å²) in [4.78, 5) is 26.7. The first-order valence-electron chi connectivity index (χ1n) is 9.47. The number of non-ortho nitro benzene ring substituents is 1. The molecule has 0 saturated heterocycles. The van der Waals surface area contributed by atoms with E-state index in [1.807, 2.05) is 19.2 Å². The lowest BCUT2D eigenvalue weighted by molar-refractivity contribution is -0.385. The van der Waals surface area contributed by atoms with Crippen molar-refractivity contribution in [2.24, 2.45) is 10.1 Å². The molecule has 0 radical (unpaired) electrons. The molecule has 0 aliphatic heterocycles. The molecule has 31 heavy (non-hydrogen) atoms. The van der Waals surface area contributed by atoms with Crippen LogP contribution in [0.5, 0.6) is 0 Å². The highest BCUT2D eigenvalue weighted by molar-refractivity contribution is 7.07. The van der Waals surface area contributed by atoms with Crippen LogP contribution in [-0.2, 0) is 0 Å². The number of nitro benzene ring substituents is 2. The molecule has 1 heterocycles. The molecule has 0 saturated carbocycles. The first kappa shape index (κ1) is 22.0. The largest absolute Gasteiger partial charge is 0.272 e. The number of hydrogen-bond donors (Lipinski definition) is 0. The summed E-state index contributed by atoms with van der Waals surface area (Å²) in [6.45, 7) is 7.37. The third-order valence-corrected chi connectivity index (χ3v) is 5.33. The van der Waals surface area contributed by atoms with Gasteiger partial charge in [0.2, 0.25) is 4.80 Å². The van der Waals surface area contributed by atoms with Crippen molar-refractivity contribution in [3.05, 3.63) is 84.0 Å². The zero-order chi connectivity index (χ0) is 22.7. The van der Waals surface area contributed by atoms with Gasteiger partial charge < -0.3 is 0 Å². The Morgan fingerprint density at radius 2 is 1.74 bits per heavy atom. The van der Waals surface area contributed by atoms with Crippen molar-refractivity contribution in [3.63, 3.8) is 0 Å². The minimum absolute atomic E-state index is 0.00395. The Labute approximate surface area is 182 Å². The number of thiazole rings is 1. The summed E-state index contributed by atoms with van der Waals surface area (Å²) in [5.41, 5.74) is 3.29. The SMILES string of the molecule is CC(=Nn1c(-c2ccc([N+](=O)[O-])cc2)csc1=NC(C)C)c1ccc(C)c([N+](=O)[O-])c1. The number of aryl methyl sites for hydroxylation is 1. The second-order valence-corrected chi connectivity index (χ2v) is 8.02. The van der Waals surface area contributed by atoms with Crippen LogP contribution in [0.2, 0.25) is 0 Å². The molecule has 0 atom stereocenters. The minimum atomic E-state index is -0.447. The van der Waals surface area contributed by atoms with Crippen LogP contribution in [0.4, 0.5) is 11.4 Å². The van der Waals surface area contributed by atoms with E-state index < -0.39 is 9.85 Å². The summed E-state index contributed by atoms with van der Waals surface area (Å²) in [5.74, 6) is 0. The first-order chi connectivity index (χ1) is 14.7. The summed E-state index contributed by atoms with van der Waals surface area (Å²) < 4.78 is 1.67. The minimum Gasteiger partial charge on any atom is -0.258 e. The Morgan fingerprint density at radius 3 is 2.32 bits per heavy atom. The van der Waals surface area contributed by atoms with Gasteiger partial charge in [-0.2, -0.15) is 5.10 Å². The normalized spacial score (nSPS) is 12.4. The van der Waals surface area contributed by atoms with Crippen molar-refractivity contribution in [2.75, 3.05) is 0 Å². The quantitative estimate of drug-likeness (QED) is 0.308. The molecule has 0 aliphatic rings. The number of aromatic nitrogens is 1. The summed E-state index contributed by atoms with van der Waals surface area (Å²) in [6, 6.07) is 11.2. The average molecular weight is 439 g/mol. The molecule has 0 amide bonds. The predicted octanol–water partition coefficient (Wildman–Crippen LogP) is 4.92. The summed E-state index contributed by atoms with van der Waals surface area (Å²) in [6.07, 6.45) is 0. The van der Waals surface area contributed by atoms with Crippen LogP contribution in [0, 0.1) is 27.2 Å². The van der Waals surface area contributed by atoms with Crippen LogP contribution in [0.3, 0.4) is 0 Å². The third-order valence-electron chi connectivity index (χ3n) is 4.50. The Hall–Kier alpha value is -3.66. The van der Waals surface area contributed by atoms with Gasteiger partial charge in [-0.05, 0) is 39.8 Å². The van der Waals surface area contributed by atoms with Crippen molar-refractivity contribution < 1.29 is 9.85 Å². The number of rotatable bonds is 6. The maximum absolute atomic E-state index is 11.3. The van der Waals surface area contributed by atoms with E-state index in [0.29, 0.717) is 21.6 Å². The maximum atomic E-state index is 11.3. The lowest BCUT2D eigenvalue weighted by Gasteiger charge is -2.07. The Morgan fingerprint density at radius 1 is 1.06 bits per heavy atom. The molecule has 0 unspecified atom stereocenters. The van der Waals surface area contributed by atoms with E-state index in [1.54, 1.807) is 42.8 Å². The van der Waals surface area contributed by atoms with Gasteiger partial charge in [0.05, 0.1) is 21.3 Å². The van der Waals surface area contributed by atoms with Crippen LogP contribution in [0.1, 0.15) is 31.9 Å². The summed E-state index contributed by atoms with van der Waals surface area (Å²) >= 11 is 1.40. The molecule has 3 aromatic rings. The van der Waals surface area contributed by atoms with Crippen LogP contribution in [0.15, 0.2) is 57.9 Å². The van der Waals surface area contributed by atoms with Crippen LogP contribution in [-0.4, -0.2) is 26.3 Å². The molecule has 0 spiro atoms. The molecule has 0 N–H and O–H groups in total. The van der Waals surface area contributed by atoms with Gasteiger partial charge in [0.15, 0.2) is 0 Å². The number of benzene rings is 2. The standard InChI is InChI=1S/C21H21N5O4S/c1-13(2)22-21-24(20(12-31-21)16-7-9-18(10-8-16)25(27)28)23-15(4)17-6-5-14(3)19(11-17)26(29)30/h5-13H,1-4H3. The number of nitro groups is 2. The van der Waals surface area contributed by atoms with Gasteiger partial charge in [0, 0.05) is 46.3 Å². The molecule has 0 fully saturated rings. The summed E-state index contributed by atoms with van der Waals surface area (Å²) in [5, 5.41) is 28.8. The van der Waals surface area contributed by atoms with Gasteiger partial charge in [0.1, 0.15) is 0 Å². The molecule has 3 rings (SSSR count). The molecule has 160 valence electrons. The molecule has 0 bridgehead atoms. The maximum Gasteiger partial charge on any atom is 0.272 e. The van der Waals surface area contributed by atoms with Crippen molar-refractivity contribution in [1.29, 1.82) is 0 Å². The summed E-state index contributed by atoms with van der Waals surface area (Å²) in [7, 11) is 0. The van der Waals surface area contributed by atoms with Crippen molar-refractivity contribution in [1.82, 2.24) is 4.68 Å². The number of hydrogen-bond acceptors (Lipinski definition) is 7. The van der Waals surface area contributed by atoms with Gasteiger partial charge in [-0.1, -0.05) is 12.1 Å². The second kappa shape index (κ2) is 9.00. The fourth-order valence-corrected chi connectivity index (χ4v) is 3.86. The van der Waals surface area contributed by atoms with Crippen LogP contribution >= 0.6 is 11.3 Å². The monoisotopic (exact) mass is 439 g/mol. The Balaban J connectivity index is 2.15. The van der Waals surface area contributed by atoms with Gasteiger partial charge in [-0.25, -0.2) is 4.68 Å². The predicted molar refractivity (Wildman–Crippen MR) is 121 cm³/mol. The van der Waals surface area contributed by atoms with E-state index in [1.165, 1.54) is 29.5 Å². The molecular formula is C21H21N5O4S. The fourth-order valence-electron chi connectivity index (χ4n) is 2.90. The van der Waals surface area contributed by atoms with E-state index in [9.17, 15) is 20.2 Å². The highest BCUT2D eigenvalue weighted by Crippen LogP contribution is 2.24. The van der Waals surface area contributed by atoms with Crippen molar-refractivity contribution in [2.45, 2.75) is 33.7 Å². The molecule has 1 aromatic heterocycles. The fraction of sp³-hybridized carbons (Fsp3) is 0.238. The van der Waals surface area contributed by atoms with Crippen LogP contribution < -0.4 is 4.80 Å². The van der Waals surface area contributed by atoms with Gasteiger partial charge in [0.25, 0.3) is 11.4 Å².